The Balaban J connectivity index is 0.000000156. The Morgan fingerprint density at radius 1 is 0.816 bits per heavy atom. The smallest absolute Gasteiger partial charge is 0.120 e. The first-order valence-corrected chi connectivity index (χ1v) is 12.3. The zero-order chi connectivity index (χ0) is 25.4. The number of furan rings is 1. The van der Waals surface area contributed by atoms with Crippen LogP contribution in [0.1, 0.15) is 13.8 Å². The summed E-state index contributed by atoms with van der Waals surface area (Å²) in [5.41, 5.74) is 6.15. The Labute approximate surface area is 237 Å². The summed E-state index contributed by atoms with van der Waals surface area (Å²) >= 11 is 0. The van der Waals surface area contributed by atoms with Crippen molar-refractivity contribution in [2.24, 2.45) is 5.10 Å². The van der Waals surface area contributed by atoms with Gasteiger partial charge < -0.3 is 24.1 Å². The van der Waals surface area contributed by atoms with Crippen molar-refractivity contribution in [2.75, 3.05) is 21.9 Å². The van der Waals surface area contributed by atoms with E-state index in [9.17, 15) is 0 Å². The number of para-hydroxylation sites is 4. The molecule has 7 heteroatoms. The molecular formula is C31H27IrN5O-4. The van der Waals surface area contributed by atoms with E-state index in [4.69, 9.17) is 4.42 Å². The predicted molar refractivity (Wildman–Crippen MR) is 151 cm³/mol. The summed E-state index contributed by atoms with van der Waals surface area (Å²) in [6.07, 6.45) is 1.83. The van der Waals surface area contributed by atoms with Gasteiger partial charge in [0.25, 0.3) is 0 Å². The van der Waals surface area contributed by atoms with Crippen LogP contribution < -0.4 is 14.8 Å². The van der Waals surface area contributed by atoms with Gasteiger partial charge in [-0.15, -0.1) is 18.4 Å². The zero-order valence-electron chi connectivity index (χ0n) is 21.4. The molecule has 2 aliphatic rings. The van der Waals surface area contributed by atoms with E-state index in [2.05, 4.69) is 95.9 Å². The summed E-state index contributed by atoms with van der Waals surface area (Å²) in [6, 6.07) is 35.1. The van der Waals surface area contributed by atoms with Crippen LogP contribution in [0.2, 0.25) is 0 Å². The van der Waals surface area contributed by atoms with Crippen LogP contribution in [0.5, 0.6) is 0 Å². The third-order valence-electron chi connectivity index (χ3n) is 6.45. The molecule has 0 N–H and O–H groups in total. The number of nitrogens with zero attached hydrogens (tertiary/aromatic N) is 5. The second-order valence-electron chi connectivity index (χ2n) is 9.23. The molecule has 2 aliphatic heterocycles. The Morgan fingerprint density at radius 2 is 1.58 bits per heavy atom. The quantitative estimate of drug-likeness (QED) is 0.190. The number of hydrogen-bond acceptors (Lipinski definition) is 6. The summed E-state index contributed by atoms with van der Waals surface area (Å²) in [5.74, 6) is 0. The van der Waals surface area contributed by atoms with Gasteiger partial charge in [-0.05, 0) is 50.5 Å². The summed E-state index contributed by atoms with van der Waals surface area (Å²) in [6.45, 7) is 8.32. The van der Waals surface area contributed by atoms with Gasteiger partial charge in [0.2, 0.25) is 0 Å². The van der Waals surface area contributed by atoms with Crippen LogP contribution in [0.15, 0.2) is 94.4 Å². The van der Waals surface area contributed by atoms with E-state index < -0.39 is 0 Å². The summed E-state index contributed by atoms with van der Waals surface area (Å²) in [7, 11) is 2.06. The van der Waals surface area contributed by atoms with Crippen LogP contribution in [0.25, 0.3) is 21.9 Å². The molecule has 1 aromatic heterocycles. The molecule has 0 aliphatic carbocycles. The van der Waals surface area contributed by atoms with E-state index in [1.165, 1.54) is 11.4 Å². The number of anilines is 4. The zero-order valence-corrected chi connectivity index (χ0v) is 23.8. The summed E-state index contributed by atoms with van der Waals surface area (Å²) in [4.78, 5) is 6.33. The minimum absolute atomic E-state index is 0. The average molecular weight is 678 g/mol. The first-order valence-electron chi connectivity index (χ1n) is 12.3. The molecular weight excluding hydrogens is 651 g/mol. The van der Waals surface area contributed by atoms with E-state index in [1.807, 2.05) is 66.5 Å². The maximum Gasteiger partial charge on any atom is 0.120 e. The topological polar surface area (TPSA) is 38.5 Å². The van der Waals surface area contributed by atoms with E-state index >= 15 is 0 Å². The van der Waals surface area contributed by atoms with Crippen molar-refractivity contribution in [3.63, 3.8) is 0 Å². The molecule has 0 saturated heterocycles. The van der Waals surface area contributed by atoms with Gasteiger partial charge in [0, 0.05) is 37.1 Å². The van der Waals surface area contributed by atoms with Crippen molar-refractivity contribution in [1.29, 1.82) is 0 Å². The van der Waals surface area contributed by atoms with Crippen LogP contribution in [0.4, 0.5) is 22.7 Å². The maximum atomic E-state index is 5.90. The molecule has 1 radical (unpaired) electrons. The number of benzene rings is 4. The largest absolute Gasteiger partial charge is 0.504 e. The Bertz CT molecular complexity index is 1560. The van der Waals surface area contributed by atoms with Crippen LogP contribution in [0.3, 0.4) is 0 Å². The minimum Gasteiger partial charge on any atom is -0.504 e. The van der Waals surface area contributed by atoms with E-state index in [-0.39, 0.29) is 20.1 Å². The van der Waals surface area contributed by atoms with Crippen molar-refractivity contribution in [1.82, 2.24) is 4.90 Å². The van der Waals surface area contributed by atoms with E-state index in [0.29, 0.717) is 6.04 Å². The van der Waals surface area contributed by atoms with Crippen LogP contribution >= 0.6 is 0 Å². The maximum absolute atomic E-state index is 5.90. The fraction of sp³-hybridized carbons (Fsp3) is 0.129. The summed E-state index contributed by atoms with van der Waals surface area (Å²) < 4.78 is 5.90. The summed E-state index contributed by atoms with van der Waals surface area (Å²) in [5, 5.41) is 8.44. The second kappa shape index (κ2) is 10.9. The van der Waals surface area contributed by atoms with Crippen molar-refractivity contribution in [3.05, 3.63) is 110 Å². The molecule has 7 rings (SSSR count). The predicted octanol–water partition coefficient (Wildman–Crippen LogP) is 7.17. The molecule has 3 heterocycles. The molecule has 38 heavy (non-hydrogen) atoms. The standard InChI is InChI=1S/C17H15N3O.C14H12N2.Ir/c1-12(2)19-10-18-20(11-19)14-7-5-9-16-17(14)13-6-3-4-8-15(13)21-16;1-15-11-16(12-7-3-2-4-8-12)14-10-6-5-9-13(14)15;/h3-6,8-12H,1-2H3;2-7,9-11H,1H3;/q2*-2;. The Morgan fingerprint density at radius 3 is 2.34 bits per heavy atom. The Hall–Kier alpha value is -3.80. The molecule has 6 nitrogen and oxygen atoms in total. The van der Waals surface area contributed by atoms with Crippen molar-refractivity contribution in [3.8, 4) is 0 Å². The molecule has 0 unspecified atom stereocenters. The molecule has 4 aromatic carbocycles. The van der Waals surface area contributed by atoms with Crippen LogP contribution in [0, 0.1) is 25.5 Å². The molecule has 0 amide bonds. The molecule has 5 aromatic rings. The molecule has 195 valence electrons. The van der Waals surface area contributed by atoms with Crippen LogP contribution in [-0.2, 0) is 20.1 Å². The third kappa shape index (κ3) is 4.75. The van der Waals surface area contributed by atoms with Gasteiger partial charge >= 0.3 is 0 Å². The number of rotatable bonds is 3. The fourth-order valence-corrected chi connectivity index (χ4v) is 4.55. The minimum atomic E-state index is 0. The molecule has 0 atom stereocenters. The van der Waals surface area contributed by atoms with Gasteiger partial charge in [-0.25, -0.2) is 0 Å². The number of hydrogen-bond donors (Lipinski definition) is 0. The van der Waals surface area contributed by atoms with Gasteiger partial charge in [-0.1, -0.05) is 41.4 Å². The number of fused-ring (bicyclic) bond motifs is 4. The molecule has 0 saturated carbocycles. The van der Waals surface area contributed by atoms with E-state index in [0.717, 1.165) is 33.3 Å². The van der Waals surface area contributed by atoms with Crippen LogP contribution in [-0.4, -0.2) is 24.3 Å². The number of hydrazone groups is 1. The van der Waals surface area contributed by atoms with Gasteiger partial charge in [-0.2, -0.15) is 54.2 Å². The third-order valence-corrected chi connectivity index (χ3v) is 6.45. The van der Waals surface area contributed by atoms with Crippen molar-refractivity contribution in [2.45, 2.75) is 19.9 Å². The average Bonchev–Trinajstić information content (AvgIpc) is 3.66. The second-order valence-corrected chi connectivity index (χ2v) is 9.23. The molecule has 0 spiro atoms. The van der Waals surface area contributed by atoms with Gasteiger partial charge in [0.1, 0.15) is 5.58 Å². The monoisotopic (exact) mass is 678 g/mol. The van der Waals surface area contributed by atoms with Gasteiger partial charge in [0.05, 0.1) is 6.34 Å². The van der Waals surface area contributed by atoms with Crippen molar-refractivity contribution < 1.29 is 24.5 Å². The molecule has 0 fully saturated rings. The van der Waals surface area contributed by atoms with Crippen molar-refractivity contribution >= 4 is 51.0 Å². The normalized spacial score (nSPS) is 14.2. The molecule has 0 bridgehead atoms. The first kappa shape index (κ1) is 25.8. The van der Waals surface area contributed by atoms with Gasteiger partial charge in [-0.3, -0.25) is 0 Å². The van der Waals surface area contributed by atoms with Gasteiger partial charge in [0.15, 0.2) is 0 Å². The SMILES string of the molecule is CC(C)N1C=NN(c2[c-]ccc3oc4ccccc4c23)[CH-]1.CN1[CH-]N(c2[c-]cccc2)c2ccccc21.[Ir]. The Kier molecular flexibility index (Phi) is 7.41. The van der Waals surface area contributed by atoms with E-state index in [1.54, 1.807) is 0 Å². The fourth-order valence-electron chi connectivity index (χ4n) is 4.55. The first-order chi connectivity index (χ1) is 18.1.